The first-order valence-electron chi connectivity index (χ1n) is 7.47. The molecule has 2 aromatic carbocycles. The van der Waals surface area contributed by atoms with Gasteiger partial charge < -0.3 is 0 Å². The summed E-state index contributed by atoms with van der Waals surface area (Å²) in [6.07, 6.45) is 0. The molecule has 25 heavy (non-hydrogen) atoms. The van der Waals surface area contributed by atoms with Crippen LogP contribution in [-0.2, 0) is 26.6 Å². The Morgan fingerprint density at radius 2 is 1.56 bits per heavy atom. The molecule has 0 unspecified atom stereocenters. The van der Waals surface area contributed by atoms with E-state index >= 15 is 0 Å². The zero-order valence-electron chi connectivity index (χ0n) is 13.7. The van der Waals surface area contributed by atoms with Gasteiger partial charge in [0, 0.05) is 17.6 Å². The van der Waals surface area contributed by atoms with E-state index in [0.29, 0.717) is 10.6 Å². The molecule has 2 N–H and O–H groups in total. The number of hydrogen-bond donors (Lipinski definition) is 2. The van der Waals surface area contributed by atoms with Crippen molar-refractivity contribution in [2.75, 3.05) is 0 Å². The van der Waals surface area contributed by atoms with Gasteiger partial charge in [0.1, 0.15) is 0 Å². The van der Waals surface area contributed by atoms with Crippen molar-refractivity contribution in [3.63, 3.8) is 0 Å². The Morgan fingerprint density at radius 3 is 2.16 bits per heavy atom. The van der Waals surface area contributed by atoms with Gasteiger partial charge in [0.15, 0.2) is 0 Å². The Bertz CT molecular complexity index is 940. The normalized spacial score (nSPS) is 12.5. The lowest BCUT2D eigenvalue weighted by Gasteiger charge is -2.11. The summed E-state index contributed by atoms with van der Waals surface area (Å²) in [5.41, 5.74) is 0.532. The van der Waals surface area contributed by atoms with Crippen LogP contribution in [0.3, 0.4) is 0 Å². The third-order valence-corrected chi connectivity index (χ3v) is 6.52. The molecule has 0 spiro atoms. The van der Waals surface area contributed by atoms with Crippen molar-refractivity contribution >= 4 is 31.6 Å². The van der Waals surface area contributed by atoms with Crippen LogP contribution in [0.4, 0.5) is 0 Å². The second-order valence-electron chi connectivity index (χ2n) is 5.70. The molecule has 0 saturated carbocycles. The molecule has 6 nitrogen and oxygen atoms in total. The van der Waals surface area contributed by atoms with Crippen molar-refractivity contribution in [3.8, 4) is 0 Å². The summed E-state index contributed by atoms with van der Waals surface area (Å²) in [4.78, 5) is 0.173. The SMILES string of the molecule is CC(C)NS(=O)(=O)c1cccc(CNS(=O)(=O)c2ccc(Cl)cc2)c1. The summed E-state index contributed by atoms with van der Waals surface area (Å²) >= 11 is 5.75. The van der Waals surface area contributed by atoms with Gasteiger partial charge in [-0.3, -0.25) is 0 Å². The Morgan fingerprint density at radius 1 is 0.920 bits per heavy atom. The van der Waals surface area contributed by atoms with Crippen molar-refractivity contribution in [2.24, 2.45) is 0 Å². The highest BCUT2D eigenvalue weighted by Gasteiger charge is 2.17. The van der Waals surface area contributed by atoms with E-state index < -0.39 is 20.0 Å². The molecule has 0 aromatic heterocycles. The van der Waals surface area contributed by atoms with Crippen LogP contribution in [0, 0.1) is 0 Å². The van der Waals surface area contributed by atoms with Crippen LogP contribution < -0.4 is 9.44 Å². The summed E-state index contributed by atoms with van der Waals surface area (Å²) in [6, 6.07) is 11.7. The zero-order valence-corrected chi connectivity index (χ0v) is 16.1. The average Bonchev–Trinajstić information content (AvgIpc) is 2.53. The maximum Gasteiger partial charge on any atom is 0.240 e. The predicted octanol–water partition coefficient (Wildman–Crippen LogP) is 2.51. The minimum absolute atomic E-state index is 0.0317. The van der Waals surface area contributed by atoms with E-state index in [1.54, 1.807) is 26.0 Å². The summed E-state index contributed by atoms with van der Waals surface area (Å²) in [6.45, 7) is 3.42. The molecule has 0 atom stereocenters. The van der Waals surface area contributed by atoms with Crippen LogP contribution in [0.15, 0.2) is 58.3 Å². The van der Waals surface area contributed by atoms with Crippen LogP contribution in [0.25, 0.3) is 0 Å². The van der Waals surface area contributed by atoms with Gasteiger partial charge in [0.05, 0.1) is 9.79 Å². The minimum atomic E-state index is -3.72. The van der Waals surface area contributed by atoms with Crippen molar-refractivity contribution < 1.29 is 16.8 Å². The lowest BCUT2D eigenvalue weighted by molar-refractivity contribution is 0.569. The lowest BCUT2D eigenvalue weighted by atomic mass is 10.2. The molecule has 2 rings (SSSR count). The molecule has 0 bridgehead atoms. The summed E-state index contributed by atoms with van der Waals surface area (Å²) < 4.78 is 53.8. The molecule has 0 aliphatic rings. The quantitative estimate of drug-likeness (QED) is 0.744. The highest BCUT2D eigenvalue weighted by molar-refractivity contribution is 7.89. The Labute approximate surface area is 153 Å². The van der Waals surface area contributed by atoms with Crippen LogP contribution in [0.5, 0.6) is 0 Å². The van der Waals surface area contributed by atoms with Crippen molar-refractivity contribution in [2.45, 2.75) is 36.2 Å². The first kappa shape index (κ1) is 19.9. The molecule has 0 radical (unpaired) electrons. The van der Waals surface area contributed by atoms with Gasteiger partial charge in [-0.1, -0.05) is 23.7 Å². The van der Waals surface area contributed by atoms with E-state index in [9.17, 15) is 16.8 Å². The second-order valence-corrected chi connectivity index (χ2v) is 9.62. The molecule has 2 aromatic rings. The molecule has 136 valence electrons. The maximum absolute atomic E-state index is 12.3. The monoisotopic (exact) mass is 402 g/mol. The molecule has 0 aliphatic carbocycles. The fraction of sp³-hybridized carbons (Fsp3) is 0.250. The summed E-state index contributed by atoms with van der Waals surface area (Å²) in [7, 11) is -7.35. The molecule has 0 fully saturated rings. The van der Waals surface area contributed by atoms with Gasteiger partial charge >= 0.3 is 0 Å². The molecule has 0 amide bonds. The number of sulfonamides is 2. The Kier molecular flexibility index (Phi) is 6.23. The van der Waals surface area contributed by atoms with Gasteiger partial charge in [-0.05, 0) is 55.8 Å². The predicted molar refractivity (Wildman–Crippen MR) is 97.4 cm³/mol. The fourth-order valence-corrected chi connectivity index (χ4v) is 4.54. The first-order chi connectivity index (χ1) is 11.6. The van der Waals surface area contributed by atoms with Crippen molar-refractivity contribution in [1.82, 2.24) is 9.44 Å². The summed E-state index contributed by atoms with van der Waals surface area (Å²) in [5, 5.41) is 0.439. The highest BCUT2D eigenvalue weighted by Crippen LogP contribution is 2.16. The standard InChI is InChI=1S/C16H19ClN2O4S2/c1-12(2)19-25(22,23)16-5-3-4-13(10-16)11-18-24(20,21)15-8-6-14(17)7-9-15/h3-10,12,18-19H,11H2,1-2H3. The van der Waals surface area contributed by atoms with Crippen LogP contribution in [0.2, 0.25) is 5.02 Å². The van der Waals surface area contributed by atoms with Gasteiger partial charge in [-0.15, -0.1) is 0 Å². The number of benzene rings is 2. The molecule has 0 aliphatic heterocycles. The molecule has 0 heterocycles. The number of halogens is 1. The molecular formula is C16H19ClN2O4S2. The maximum atomic E-state index is 12.3. The average molecular weight is 403 g/mol. The van der Waals surface area contributed by atoms with E-state index in [2.05, 4.69) is 9.44 Å². The van der Waals surface area contributed by atoms with E-state index in [4.69, 9.17) is 11.6 Å². The number of hydrogen-bond acceptors (Lipinski definition) is 4. The lowest BCUT2D eigenvalue weighted by Crippen LogP contribution is -2.30. The third kappa shape index (κ3) is 5.52. The van der Waals surface area contributed by atoms with Gasteiger partial charge in [0.2, 0.25) is 20.0 Å². The molecular weight excluding hydrogens is 384 g/mol. The van der Waals surface area contributed by atoms with Crippen LogP contribution >= 0.6 is 11.6 Å². The number of nitrogens with one attached hydrogen (secondary N) is 2. The fourth-order valence-electron chi connectivity index (χ4n) is 2.08. The molecule has 0 saturated heterocycles. The third-order valence-electron chi connectivity index (χ3n) is 3.19. The first-order valence-corrected chi connectivity index (χ1v) is 10.8. The van der Waals surface area contributed by atoms with Gasteiger partial charge in [0.25, 0.3) is 0 Å². The largest absolute Gasteiger partial charge is 0.240 e. The highest BCUT2D eigenvalue weighted by atomic mass is 35.5. The summed E-state index contributed by atoms with van der Waals surface area (Å²) in [5.74, 6) is 0. The second kappa shape index (κ2) is 7.84. The molecule has 9 heteroatoms. The van der Waals surface area contributed by atoms with Crippen molar-refractivity contribution in [3.05, 3.63) is 59.1 Å². The topological polar surface area (TPSA) is 92.3 Å². The smallest absolute Gasteiger partial charge is 0.209 e. The van der Waals surface area contributed by atoms with E-state index in [1.165, 1.54) is 36.4 Å². The van der Waals surface area contributed by atoms with Gasteiger partial charge in [-0.2, -0.15) is 0 Å². The Balaban J connectivity index is 2.16. The van der Waals surface area contributed by atoms with E-state index in [0.717, 1.165) is 0 Å². The Hall–Kier alpha value is -1.45. The minimum Gasteiger partial charge on any atom is -0.209 e. The zero-order chi connectivity index (χ0) is 18.7. The van der Waals surface area contributed by atoms with E-state index in [1.807, 2.05) is 0 Å². The van der Waals surface area contributed by atoms with Crippen LogP contribution in [0.1, 0.15) is 19.4 Å². The van der Waals surface area contributed by atoms with Crippen molar-refractivity contribution in [1.29, 1.82) is 0 Å². The van der Waals surface area contributed by atoms with E-state index in [-0.39, 0.29) is 22.4 Å². The van der Waals surface area contributed by atoms with Gasteiger partial charge in [-0.25, -0.2) is 26.3 Å². The number of rotatable bonds is 7. The van der Waals surface area contributed by atoms with Crippen LogP contribution in [-0.4, -0.2) is 22.9 Å².